The Labute approximate surface area is 147 Å². The molecule has 1 aliphatic heterocycles. The van der Waals surface area contributed by atoms with Crippen molar-refractivity contribution in [2.45, 2.75) is 32.7 Å². The van der Waals surface area contributed by atoms with E-state index in [4.69, 9.17) is 9.47 Å². The molecule has 0 saturated carbocycles. The fourth-order valence-corrected chi connectivity index (χ4v) is 2.38. The molecule has 7 heteroatoms. The second kappa shape index (κ2) is 6.58. The van der Waals surface area contributed by atoms with Crippen LogP contribution in [-0.4, -0.2) is 34.7 Å². The van der Waals surface area contributed by atoms with Crippen LogP contribution in [-0.2, 0) is 12.0 Å². The molecule has 2 aromatic rings. The van der Waals surface area contributed by atoms with E-state index in [0.717, 1.165) is 17.1 Å². The molecule has 0 radical (unpaired) electrons. The lowest BCUT2D eigenvalue weighted by Crippen LogP contribution is -2.31. The molecule has 1 aromatic carbocycles. The number of aromatic nitrogens is 2. The lowest BCUT2D eigenvalue weighted by Gasteiger charge is -2.19. The number of carbonyl (C=O) groups excluding carboxylic acids is 1. The SMILES string of the molecule is CN(Cc1ccc2c(c1)OCO2)C(=O)Nc1cnc(C(C)(C)C)nc1. The second-order valence-corrected chi connectivity index (χ2v) is 7.02. The average Bonchev–Trinajstić information content (AvgIpc) is 3.02. The highest BCUT2D eigenvalue weighted by Crippen LogP contribution is 2.32. The van der Waals surface area contributed by atoms with Crippen molar-refractivity contribution in [3.8, 4) is 11.5 Å². The van der Waals surface area contributed by atoms with Crippen LogP contribution in [0, 0.1) is 0 Å². The Kier molecular flexibility index (Phi) is 4.48. The van der Waals surface area contributed by atoms with Gasteiger partial charge in [-0.25, -0.2) is 14.8 Å². The molecule has 0 unspecified atom stereocenters. The minimum atomic E-state index is -0.232. The van der Waals surface area contributed by atoms with Crippen LogP contribution in [0.4, 0.5) is 10.5 Å². The van der Waals surface area contributed by atoms with E-state index in [-0.39, 0.29) is 18.2 Å². The predicted octanol–water partition coefficient (Wildman–Crippen LogP) is 3.17. The second-order valence-electron chi connectivity index (χ2n) is 7.02. The van der Waals surface area contributed by atoms with Crippen molar-refractivity contribution < 1.29 is 14.3 Å². The Morgan fingerprint density at radius 1 is 1.20 bits per heavy atom. The number of nitrogens with zero attached hydrogens (tertiary/aromatic N) is 3. The number of urea groups is 1. The fraction of sp³-hybridized carbons (Fsp3) is 0.389. The Hall–Kier alpha value is -2.83. The van der Waals surface area contributed by atoms with E-state index in [1.165, 1.54) is 0 Å². The van der Waals surface area contributed by atoms with Gasteiger partial charge in [0, 0.05) is 19.0 Å². The highest BCUT2D eigenvalue weighted by molar-refractivity contribution is 5.88. The number of fused-ring (bicyclic) bond motifs is 1. The summed E-state index contributed by atoms with van der Waals surface area (Å²) >= 11 is 0. The van der Waals surface area contributed by atoms with Gasteiger partial charge in [0.05, 0.1) is 18.1 Å². The van der Waals surface area contributed by atoms with Crippen molar-refractivity contribution in [3.63, 3.8) is 0 Å². The molecule has 1 aromatic heterocycles. The van der Waals surface area contributed by atoms with Gasteiger partial charge in [0.15, 0.2) is 11.5 Å². The van der Waals surface area contributed by atoms with Crippen LogP contribution < -0.4 is 14.8 Å². The van der Waals surface area contributed by atoms with E-state index in [9.17, 15) is 4.79 Å². The van der Waals surface area contributed by atoms with Gasteiger partial charge in [-0.3, -0.25) is 0 Å². The Morgan fingerprint density at radius 2 is 1.88 bits per heavy atom. The first-order chi connectivity index (χ1) is 11.8. The maximum absolute atomic E-state index is 12.3. The molecule has 2 amide bonds. The van der Waals surface area contributed by atoms with Crippen LogP contribution in [0.25, 0.3) is 0 Å². The number of carbonyl (C=O) groups is 1. The van der Waals surface area contributed by atoms with Crippen molar-refractivity contribution >= 4 is 11.7 Å². The first-order valence-corrected chi connectivity index (χ1v) is 8.06. The van der Waals surface area contributed by atoms with Gasteiger partial charge >= 0.3 is 6.03 Å². The van der Waals surface area contributed by atoms with Gasteiger partial charge in [-0.15, -0.1) is 0 Å². The summed E-state index contributed by atoms with van der Waals surface area (Å²) in [4.78, 5) is 22.5. The highest BCUT2D eigenvalue weighted by atomic mass is 16.7. The first-order valence-electron chi connectivity index (χ1n) is 8.06. The summed E-state index contributed by atoms with van der Waals surface area (Å²) in [6, 6.07) is 5.42. The molecule has 2 heterocycles. The molecule has 25 heavy (non-hydrogen) atoms. The monoisotopic (exact) mass is 342 g/mol. The molecular formula is C18H22N4O3. The van der Waals surface area contributed by atoms with E-state index >= 15 is 0 Å². The third-order valence-electron chi connectivity index (χ3n) is 3.78. The lowest BCUT2D eigenvalue weighted by atomic mass is 9.96. The zero-order valence-corrected chi connectivity index (χ0v) is 14.9. The maximum atomic E-state index is 12.3. The molecule has 0 fully saturated rings. The number of ether oxygens (including phenoxy) is 2. The molecule has 0 aliphatic carbocycles. The molecule has 1 N–H and O–H groups in total. The van der Waals surface area contributed by atoms with E-state index < -0.39 is 0 Å². The Bertz CT molecular complexity index is 769. The van der Waals surface area contributed by atoms with Crippen molar-refractivity contribution in [1.82, 2.24) is 14.9 Å². The molecule has 132 valence electrons. The largest absolute Gasteiger partial charge is 0.454 e. The van der Waals surface area contributed by atoms with Crippen LogP contribution in [0.15, 0.2) is 30.6 Å². The summed E-state index contributed by atoms with van der Waals surface area (Å²) < 4.78 is 10.6. The van der Waals surface area contributed by atoms with Gasteiger partial charge < -0.3 is 19.7 Å². The summed E-state index contributed by atoms with van der Waals surface area (Å²) in [5.41, 5.74) is 1.40. The average molecular weight is 342 g/mol. The molecule has 1 aliphatic rings. The molecule has 0 bridgehead atoms. The third kappa shape index (κ3) is 3.99. The minimum Gasteiger partial charge on any atom is -0.454 e. The van der Waals surface area contributed by atoms with E-state index in [2.05, 4.69) is 15.3 Å². The van der Waals surface area contributed by atoms with E-state index in [1.54, 1.807) is 24.3 Å². The molecule has 0 spiro atoms. The van der Waals surface area contributed by atoms with Crippen LogP contribution in [0.3, 0.4) is 0 Å². The first kappa shape index (κ1) is 17.0. The van der Waals surface area contributed by atoms with Crippen molar-refractivity contribution in [2.24, 2.45) is 0 Å². The molecular weight excluding hydrogens is 320 g/mol. The standard InChI is InChI=1S/C18H22N4O3/c1-18(2,3)16-19-8-13(9-20-16)21-17(23)22(4)10-12-5-6-14-15(7-12)25-11-24-14/h5-9H,10-11H2,1-4H3,(H,21,23). The molecule has 7 nitrogen and oxygen atoms in total. The summed E-state index contributed by atoms with van der Waals surface area (Å²) in [6.07, 6.45) is 3.25. The highest BCUT2D eigenvalue weighted by Gasteiger charge is 2.18. The van der Waals surface area contributed by atoms with Crippen molar-refractivity contribution in [2.75, 3.05) is 19.2 Å². The number of nitrogens with one attached hydrogen (secondary N) is 1. The van der Waals surface area contributed by atoms with E-state index in [0.29, 0.717) is 18.0 Å². The Morgan fingerprint density at radius 3 is 2.56 bits per heavy atom. The van der Waals surface area contributed by atoms with Gasteiger partial charge in [-0.05, 0) is 17.7 Å². The van der Waals surface area contributed by atoms with Crippen LogP contribution in [0.1, 0.15) is 32.2 Å². The van der Waals surface area contributed by atoms with Crippen molar-refractivity contribution in [1.29, 1.82) is 0 Å². The predicted molar refractivity (Wildman–Crippen MR) is 93.8 cm³/mol. The van der Waals surface area contributed by atoms with Gasteiger partial charge in [-0.2, -0.15) is 0 Å². The summed E-state index contributed by atoms with van der Waals surface area (Å²) in [6.45, 7) is 6.81. The van der Waals surface area contributed by atoms with Gasteiger partial charge in [0.1, 0.15) is 5.82 Å². The zero-order valence-electron chi connectivity index (χ0n) is 14.9. The van der Waals surface area contributed by atoms with Gasteiger partial charge in [-0.1, -0.05) is 26.8 Å². The molecule has 0 atom stereocenters. The number of benzene rings is 1. The Balaban J connectivity index is 1.61. The van der Waals surface area contributed by atoms with Gasteiger partial charge in [0.2, 0.25) is 6.79 Å². The maximum Gasteiger partial charge on any atom is 0.321 e. The summed E-state index contributed by atoms with van der Waals surface area (Å²) in [5.74, 6) is 2.17. The number of hydrogen-bond donors (Lipinski definition) is 1. The normalized spacial score (nSPS) is 12.8. The zero-order chi connectivity index (χ0) is 18.0. The van der Waals surface area contributed by atoms with Crippen LogP contribution in [0.2, 0.25) is 0 Å². The molecule has 0 saturated heterocycles. The van der Waals surface area contributed by atoms with Crippen LogP contribution in [0.5, 0.6) is 11.5 Å². The number of anilines is 1. The smallest absolute Gasteiger partial charge is 0.321 e. The molecule has 3 rings (SSSR count). The van der Waals surface area contributed by atoms with Crippen LogP contribution >= 0.6 is 0 Å². The number of amides is 2. The quantitative estimate of drug-likeness (QED) is 0.927. The number of hydrogen-bond acceptors (Lipinski definition) is 5. The van der Waals surface area contributed by atoms with Crippen molar-refractivity contribution in [3.05, 3.63) is 42.0 Å². The number of rotatable bonds is 3. The van der Waals surface area contributed by atoms with E-state index in [1.807, 2.05) is 39.0 Å². The topological polar surface area (TPSA) is 76.6 Å². The van der Waals surface area contributed by atoms with Gasteiger partial charge in [0.25, 0.3) is 0 Å². The fourth-order valence-electron chi connectivity index (χ4n) is 2.38. The summed E-state index contributed by atoms with van der Waals surface area (Å²) in [7, 11) is 1.73. The minimum absolute atomic E-state index is 0.126. The summed E-state index contributed by atoms with van der Waals surface area (Å²) in [5, 5.41) is 2.80. The lowest BCUT2D eigenvalue weighted by molar-refractivity contribution is 0.174. The third-order valence-corrected chi connectivity index (χ3v) is 3.78.